The minimum Gasteiger partial charge on any atom is -0.396 e. The second-order valence-electron chi connectivity index (χ2n) is 8.12. The molecule has 3 saturated heterocycles. The molecule has 3 heterocycles. The molecule has 3 fully saturated rings. The molecule has 0 aromatic heterocycles. The van der Waals surface area contributed by atoms with Gasteiger partial charge in [0.2, 0.25) is 0 Å². The lowest BCUT2D eigenvalue weighted by Crippen LogP contribution is -2.53. The van der Waals surface area contributed by atoms with Gasteiger partial charge in [-0.2, -0.15) is 0 Å². The van der Waals surface area contributed by atoms with Crippen LogP contribution < -0.4 is 5.32 Å². The van der Waals surface area contributed by atoms with Crippen molar-refractivity contribution in [3.05, 3.63) is 0 Å². The Hall–Kier alpha value is -0.120. The molecule has 0 bridgehead atoms. The molecule has 0 aliphatic carbocycles. The van der Waals surface area contributed by atoms with Gasteiger partial charge in [0.1, 0.15) is 0 Å². The summed E-state index contributed by atoms with van der Waals surface area (Å²) in [5, 5.41) is 13.4. The van der Waals surface area contributed by atoms with Crippen LogP contribution in [0.25, 0.3) is 0 Å². The molecule has 0 amide bonds. The van der Waals surface area contributed by atoms with Crippen LogP contribution in [0.2, 0.25) is 0 Å². The number of hydrogen-bond acceptors (Lipinski definition) is 4. The lowest BCUT2D eigenvalue weighted by atomic mass is 9.76. The number of nitrogens with zero attached hydrogens (tertiary/aromatic N) is 2. The number of nitrogens with one attached hydrogen (secondary N) is 1. The van der Waals surface area contributed by atoms with Gasteiger partial charge in [-0.15, -0.1) is 24.0 Å². The lowest BCUT2D eigenvalue weighted by molar-refractivity contribution is -0.0372. The van der Waals surface area contributed by atoms with Crippen molar-refractivity contribution in [2.24, 2.45) is 15.8 Å². The van der Waals surface area contributed by atoms with E-state index in [9.17, 15) is 5.11 Å². The first-order chi connectivity index (χ1) is 12.2. The quantitative estimate of drug-likeness (QED) is 0.367. The summed E-state index contributed by atoms with van der Waals surface area (Å²) in [5.41, 5.74) is 0.195. The zero-order valence-electron chi connectivity index (χ0n) is 16.2. The number of rotatable bonds is 4. The van der Waals surface area contributed by atoms with Crippen molar-refractivity contribution in [2.75, 3.05) is 59.2 Å². The molecule has 152 valence electrons. The minimum atomic E-state index is -0.111. The predicted molar refractivity (Wildman–Crippen MR) is 114 cm³/mol. The summed E-state index contributed by atoms with van der Waals surface area (Å²) in [6, 6.07) is 0. The van der Waals surface area contributed by atoms with Crippen LogP contribution >= 0.6 is 24.0 Å². The third kappa shape index (κ3) is 5.45. The van der Waals surface area contributed by atoms with E-state index in [-0.39, 0.29) is 36.0 Å². The summed E-state index contributed by atoms with van der Waals surface area (Å²) >= 11 is 0. The van der Waals surface area contributed by atoms with Gasteiger partial charge in [0.05, 0.1) is 19.8 Å². The van der Waals surface area contributed by atoms with Crippen molar-refractivity contribution in [3.8, 4) is 0 Å². The Labute approximate surface area is 175 Å². The number of aliphatic hydroxyl groups is 1. The summed E-state index contributed by atoms with van der Waals surface area (Å²) in [6.07, 6.45) is 6.69. The molecule has 3 aliphatic heterocycles. The highest BCUT2D eigenvalue weighted by atomic mass is 127. The maximum absolute atomic E-state index is 9.92. The van der Waals surface area contributed by atoms with E-state index in [1.54, 1.807) is 0 Å². The van der Waals surface area contributed by atoms with E-state index in [0.717, 1.165) is 64.9 Å². The second kappa shape index (κ2) is 10.4. The van der Waals surface area contributed by atoms with Gasteiger partial charge in [-0.3, -0.25) is 4.99 Å². The lowest BCUT2D eigenvalue weighted by Gasteiger charge is -2.46. The first-order valence-corrected chi connectivity index (χ1v) is 10.0. The van der Waals surface area contributed by atoms with Gasteiger partial charge in [0.25, 0.3) is 0 Å². The molecular weight excluding hydrogens is 445 g/mol. The highest BCUT2D eigenvalue weighted by molar-refractivity contribution is 14.0. The Bertz CT molecular complexity index is 444. The molecule has 0 saturated carbocycles. The Morgan fingerprint density at radius 2 is 1.88 bits per heavy atom. The SMILES string of the molecule is CCNC(=NCC1(CO)CCOCC1)N1CCCC2(CCCOC2)C1.I. The van der Waals surface area contributed by atoms with Crippen molar-refractivity contribution in [1.82, 2.24) is 10.2 Å². The number of hydrogen-bond donors (Lipinski definition) is 2. The molecule has 1 atom stereocenters. The molecule has 0 radical (unpaired) electrons. The van der Waals surface area contributed by atoms with E-state index < -0.39 is 0 Å². The summed E-state index contributed by atoms with van der Waals surface area (Å²) in [4.78, 5) is 7.38. The topological polar surface area (TPSA) is 66.3 Å². The van der Waals surface area contributed by atoms with Gasteiger partial charge in [-0.25, -0.2) is 0 Å². The van der Waals surface area contributed by atoms with E-state index >= 15 is 0 Å². The Kier molecular flexibility index (Phi) is 8.90. The van der Waals surface area contributed by atoms with Crippen LogP contribution in [0.1, 0.15) is 45.4 Å². The molecule has 0 aromatic rings. The summed E-state index contributed by atoms with van der Waals surface area (Å²) in [6.45, 7) is 9.22. The number of aliphatic hydroxyl groups excluding tert-OH is 1. The van der Waals surface area contributed by atoms with Crippen LogP contribution in [0.15, 0.2) is 4.99 Å². The molecule has 6 nitrogen and oxygen atoms in total. The highest BCUT2D eigenvalue weighted by Crippen LogP contribution is 2.37. The Morgan fingerprint density at radius 1 is 1.12 bits per heavy atom. The molecule has 26 heavy (non-hydrogen) atoms. The smallest absolute Gasteiger partial charge is 0.193 e. The fourth-order valence-electron chi connectivity index (χ4n) is 4.46. The molecule has 0 aromatic carbocycles. The maximum atomic E-state index is 9.92. The monoisotopic (exact) mass is 481 g/mol. The molecule has 1 spiro atoms. The number of ether oxygens (including phenoxy) is 2. The third-order valence-electron chi connectivity index (χ3n) is 6.15. The number of piperidine rings is 1. The van der Waals surface area contributed by atoms with Gasteiger partial charge in [0.15, 0.2) is 5.96 Å². The van der Waals surface area contributed by atoms with Gasteiger partial charge < -0.3 is 24.8 Å². The highest BCUT2D eigenvalue weighted by Gasteiger charge is 2.38. The summed E-state index contributed by atoms with van der Waals surface area (Å²) in [7, 11) is 0. The van der Waals surface area contributed by atoms with Crippen molar-refractivity contribution >= 4 is 29.9 Å². The molecule has 3 aliphatic rings. The van der Waals surface area contributed by atoms with E-state index in [1.165, 1.54) is 25.7 Å². The number of halogens is 1. The first-order valence-electron chi connectivity index (χ1n) is 10.0. The zero-order chi connectivity index (χ0) is 17.6. The van der Waals surface area contributed by atoms with E-state index in [4.69, 9.17) is 14.5 Å². The van der Waals surface area contributed by atoms with Gasteiger partial charge in [-0.05, 0) is 45.4 Å². The fraction of sp³-hybridized carbons (Fsp3) is 0.947. The number of likely N-dealkylation sites (tertiary alicyclic amines) is 1. The summed E-state index contributed by atoms with van der Waals surface area (Å²) in [5.74, 6) is 1.01. The van der Waals surface area contributed by atoms with E-state index in [1.807, 2.05) is 0 Å². The maximum Gasteiger partial charge on any atom is 0.193 e. The van der Waals surface area contributed by atoms with Crippen LogP contribution in [0.3, 0.4) is 0 Å². The molecule has 3 rings (SSSR count). The molecule has 1 unspecified atom stereocenters. The number of aliphatic imine (C=N–C) groups is 1. The Morgan fingerprint density at radius 3 is 2.54 bits per heavy atom. The van der Waals surface area contributed by atoms with Crippen molar-refractivity contribution in [2.45, 2.75) is 45.4 Å². The van der Waals surface area contributed by atoms with E-state index in [0.29, 0.717) is 12.0 Å². The van der Waals surface area contributed by atoms with E-state index in [2.05, 4.69) is 17.1 Å². The normalized spacial score (nSPS) is 29.3. The van der Waals surface area contributed by atoms with Crippen LogP contribution in [0.5, 0.6) is 0 Å². The van der Waals surface area contributed by atoms with Crippen molar-refractivity contribution in [3.63, 3.8) is 0 Å². The summed E-state index contributed by atoms with van der Waals surface area (Å²) < 4.78 is 11.3. The second-order valence-corrected chi connectivity index (χ2v) is 8.12. The van der Waals surface area contributed by atoms with Gasteiger partial charge in [-0.1, -0.05) is 0 Å². The van der Waals surface area contributed by atoms with Crippen LogP contribution in [-0.4, -0.2) is 75.2 Å². The minimum absolute atomic E-state index is 0. The molecule has 2 N–H and O–H groups in total. The van der Waals surface area contributed by atoms with Gasteiger partial charge >= 0.3 is 0 Å². The average molecular weight is 481 g/mol. The fourth-order valence-corrected chi connectivity index (χ4v) is 4.46. The molecule has 7 heteroatoms. The number of guanidine groups is 1. The van der Waals surface area contributed by atoms with Crippen molar-refractivity contribution < 1.29 is 14.6 Å². The third-order valence-corrected chi connectivity index (χ3v) is 6.15. The van der Waals surface area contributed by atoms with Gasteiger partial charge in [0, 0.05) is 50.3 Å². The standard InChI is InChI=1S/C19H35N3O3.HI/c1-2-20-17(21-13-18(15-23)7-11-24-12-8-18)22-9-3-5-19(14-22)6-4-10-25-16-19;/h23H,2-16H2,1H3,(H,20,21);1H. The average Bonchev–Trinajstić information content (AvgIpc) is 2.66. The largest absolute Gasteiger partial charge is 0.396 e. The molecular formula is C19H36IN3O3. The first kappa shape index (κ1) is 22.2. The van der Waals surface area contributed by atoms with Crippen LogP contribution in [-0.2, 0) is 9.47 Å². The van der Waals surface area contributed by atoms with Crippen LogP contribution in [0.4, 0.5) is 0 Å². The van der Waals surface area contributed by atoms with Crippen LogP contribution in [0, 0.1) is 10.8 Å². The Balaban J connectivity index is 0.00000243. The van der Waals surface area contributed by atoms with Crippen molar-refractivity contribution in [1.29, 1.82) is 0 Å². The zero-order valence-corrected chi connectivity index (χ0v) is 18.5. The predicted octanol–water partition coefficient (Wildman–Crippen LogP) is 2.25.